The van der Waals surface area contributed by atoms with Crippen LogP contribution in [0.1, 0.15) is 5.56 Å². The van der Waals surface area contributed by atoms with E-state index in [1.165, 1.54) is 0 Å². The first-order chi connectivity index (χ1) is 11.1. The van der Waals surface area contributed by atoms with Gasteiger partial charge in [-0.15, -0.1) is 0 Å². The Bertz CT molecular complexity index is 893. The lowest BCUT2D eigenvalue weighted by atomic mass is 9.91. The maximum absolute atomic E-state index is 6.21. The Labute approximate surface area is 151 Å². The quantitative estimate of drug-likeness (QED) is 0.146. The van der Waals surface area contributed by atoms with Crippen LogP contribution in [-0.4, -0.2) is 0 Å². The van der Waals surface area contributed by atoms with E-state index in [9.17, 15) is 0 Å². The highest BCUT2D eigenvalue weighted by molar-refractivity contribution is 14.1. The van der Waals surface area contributed by atoms with Gasteiger partial charge in [0.1, 0.15) is 0 Å². The normalized spacial score (nSPS) is 11.4. The maximum Gasteiger partial charge on any atom is 0.0809 e. The molecule has 0 heterocycles. The van der Waals surface area contributed by atoms with Gasteiger partial charge in [0.15, 0.2) is 0 Å². The minimum absolute atomic E-state index is 0.242. The smallest absolute Gasteiger partial charge is 0.0809 e. The SMILES string of the molecule is Cc1c2c(N)c(N)c(N)c(N)c2c(I)c2c(N)c(N)c(N)c(N)c12. The number of hydrogen-bond donors (Lipinski definition) is 8. The molecule has 0 atom stereocenters. The summed E-state index contributed by atoms with van der Waals surface area (Å²) in [5.74, 6) is 0. The lowest BCUT2D eigenvalue weighted by molar-refractivity contribution is 1.56. The summed E-state index contributed by atoms with van der Waals surface area (Å²) < 4.78 is 0.745. The molecule has 0 saturated carbocycles. The Morgan fingerprint density at radius 1 is 0.458 bits per heavy atom. The molecule has 126 valence electrons. The van der Waals surface area contributed by atoms with Crippen molar-refractivity contribution in [2.75, 3.05) is 45.9 Å². The Morgan fingerprint density at radius 3 is 1.00 bits per heavy atom. The number of fused-ring (bicyclic) bond motifs is 2. The van der Waals surface area contributed by atoms with Crippen molar-refractivity contribution in [2.24, 2.45) is 0 Å². The Kier molecular flexibility index (Phi) is 3.30. The van der Waals surface area contributed by atoms with Crippen molar-refractivity contribution in [3.8, 4) is 0 Å². The average molecular weight is 438 g/mol. The number of benzene rings is 3. The van der Waals surface area contributed by atoms with E-state index < -0.39 is 0 Å². The molecule has 0 aliphatic rings. The van der Waals surface area contributed by atoms with Gasteiger partial charge in [0.25, 0.3) is 0 Å². The number of aryl methyl sites for hydroxylation is 1. The summed E-state index contributed by atoms with van der Waals surface area (Å²) in [7, 11) is 0. The molecule has 0 amide bonds. The van der Waals surface area contributed by atoms with Gasteiger partial charge < -0.3 is 45.9 Å². The van der Waals surface area contributed by atoms with Gasteiger partial charge in [-0.2, -0.15) is 0 Å². The van der Waals surface area contributed by atoms with Crippen LogP contribution >= 0.6 is 22.6 Å². The Balaban J connectivity index is 2.82. The number of halogens is 1. The monoisotopic (exact) mass is 438 g/mol. The number of anilines is 8. The third-order valence-electron chi connectivity index (χ3n) is 4.51. The molecular formula is C15H19IN8. The zero-order valence-electron chi connectivity index (χ0n) is 13.0. The van der Waals surface area contributed by atoms with Gasteiger partial charge in [0.2, 0.25) is 0 Å². The summed E-state index contributed by atoms with van der Waals surface area (Å²) >= 11 is 2.13. The molecule has 0 fully saturated rings. The molecule has 3 aromatic rings. The molecule has 24 heavy (non-hydrogen) atoms. The van der Waals surface area contributed by atoms with Crippen LogP contribution in [-0.2, 0) is 0 Å². The highest BCUT2D eigenvalue weighted by Crippen LogP contribution is 2.50. The average Bonchev–Trinajstić information content (AvgIpc) is 2.55. The van der Waals surface area contributed by atoms with Gasteiger partial charge in [-0.1, -0.05) is 0 Å². The van der Waals surface area contributed by atoms with Crippen molar-refractivity contribution in [1.29, 1.82) is 0 Å². The van der Waals surface area contributed by atoms with Crippen molar-refractivity contribution in [2.45, 2.75) is 6.92 Å². The van der Waals surface area contributed by atoms with E-state index in [2.05, 4.69) is 22.6 Å². The zero-order chi connectivity index (χ0) is 18.1. The number of nitrogen functional groups attached to an aromatic ring is 8. The van der Waals surface area contributed by atoms with Crippen LogP contribution in [0.3, 0.4) is 0 Å². The first-order valence-electron chi connectivity index (χ1n) is 7.00. The summed E-state index contributed by atoms with van der Waals surface area (Å²) in [6, 6.07) is 0. The predicted octanol–water partition coefficient (Wildman–Crippen LogP) is 1.56. The van der Waals surface area contributed by atoms with Crippen molar-refractivity contribution in [3.63, 3.8) is 0 Å². The van der Waals surface area contributed by atoms with E-state index in [-0.39, 0.29) is 22.7 Å². The summed E-state index contributed by atoms with van der Waals surface area (Å²) in [5, 5.41) is 2.73. The molecule has 0 unspecified atom stereocenters. The van der Waals surface area contributed by atoms with Crippen LogP contribution in [0.2, 0.25) is 0 Å². The lowest BCUT2D eigenvalue weighted by Gasteiger charge is -2.21. The Morgan fingerprint density at radius 2 is 0.708 bits per heavy atom. The molecule has 3 aromatic carbocycles. The molecule has 9 heteroatoms. The highest BCUT2D eigenvalue weighted by atomic mass is 127. The van der Waals surface area contributed by atoms with E-state index >= 15 is 0 Å². The summed E-state index contributed by atoms with van der Waals surface area (Å²) in [6.07, 6.45) is 0. The fraction of sp³-hybridized carbons (Fsp3) is 0.0667. The molecule has 0 bridgehead atoms. The largest absolute Gasteiger partial charge is 0.396 e. The minimum atomic E-state index is 0.242. The van der Waals surface area contributed by atoms with Crippen LogP contribution < -0.4 is 45.9 Å². The number of rotatable bonds is 0. The van der Waals surface area contributed by atoms with Crippen molar-refractivity contribution < 1.29 is 0 Å². The predicted molar refractivity (Wildman–Crippen MR) is 114 cm³/mol. The summed E-state index contributed by atoms with van der Waals surface area (Å²) in [5.41, 5.74) is 52.0. The van der Waals surface area contributed by atoms with Gasteiger partial charge in [0.05, 0.1) is 45.5 Å². The Hall–Kier alpha value is -2.69. The number of nitrogens with two attached hydrogens (primary N) is 8. The fourth-order valence-corrected chi connectivity index (χ4v) is 4.26. The molecule has 8 nitrogen and oxygen atoms in total. The molecule has 0 radical (unpaired) electrons. The van der Waals surface area contributed by atoms with Gasteiger partial charge >= 0.3 is 0 Å². The topological polar surface area (TPSA) is 208 Å². The first kappa shape index (κ1) is 16.2. The van der Waals surface area contributed by atoms with Crippen LogP contribution in [0.25, 0.3) is 21.5 Å². The highest BCUT2D eigenvalue weighted by Gasteiger charge is 2.23. The third-order valence-corrected chi connectivity index (χ3v) is 5.59. The lowest BCUT2D eigenvalue weighted by Crippen LogP contribution is -2.10. The van der Waals surface area contributed by atoms with E-state index in [1.54, 1.807) is 0 Å². The van der Waals surface area contributed by atoms with Gasteiger partial charge in [0, 0.05) is 25.1 Å². The van der Waals surface area contributed by atoms with Gasteiger partial charge in [-0.05, 0) is 35.1 Å². The van der Waals surface area contributed by atoms with Crippen LogP contribution in [0, 0.1) is 10.5 Å². The van der Waals surface area contributed by atoms with E-state index in [0.717, 1.165) is 9.13 Å². The first-order valence-corrected chi connectivity index (χ1v) is 8.08. The molecule has 0 aliphatic carbocycles. The summed E-state index contributed by atoms with van der Waals surface area (Å²) in [4.78, 5) is 0. The van der Waals surface area contributed by atoms with E-state index in [0.29, 0.717) is 44.3 Å². The van der Waals surface area contributed by atoms with E-state index in [1.807, 2.05) is 6.92 Å². The number of hydrogen-bond acceptors (Lipinski definition) is 8. The third kappa shape index (κ3) is 1.72. The summed E-state index contributed by atoms with van der Waals surface area (Å²) in [6.45, 7) is 1.86. The molecular weight excluding hydrogens is 419 g/mol. The second-order valence-electron chi connectivity index (χ2n) is 5.75. The van der Waals surface area contributed by atoms with Crippen molar-refractivity contribution >= 4 is 89.6 Å². The molecule has 3 rings (SSSR count). The molecule has 0 aliphatic heterocycles. The zero-order valence-corrected chi connectivity index (χ0v) is 15.2. The molecule has 16 N–H and O–H groups in total. The van der Waals surface area contributed by atoms with Crippen molar-refractivity contribution in [1.82, 2.24) is 0 Å². The molecule has 0 aromatic heterocycles. The second-order valence-corrected chi connectivity index (χ2v) is 6.83. The maximum atomic E-state index is 6.21. The standard InChI is InChI=1S/C15H19IN8/c1-2-3-5(10(19)14(23)12(21)8(3)17)7(16)6-4(2)9(18)13(22)15(24)11(6)20/h17-24H2,1H3. The van der Waals surface area contributed by atoms with Crippen LogP contribution in [0.15, 0.2) is 0 Å². The van der Waals surface area contributed by atoms with E-state index in [4.69, 9.17) is 45.9 Å². The van der Waals surface area contributed by atoms with Gasteiger partial charge in [-0.3, -0.25) is 0 Å². The van der Waals surface area contributed by atoms with Crippen molar-refractivity contribution in [3.05, 3.63) is 9.13 Å². The van der Waals surface area contributed by atoms with Crippen LogP contribution in [0.5, 0.6) is 0 Å². The minimum Gasteiger partial charge on any atom is -0.396 e. The van der Waals surface area contributed by atoms with Gasteiger partial charge in [-0.25, -0.2) is 0 Å². The molecule has 0 saturated heterocycles. The fourth-order valence-electron chi connectivity index (χ4n) is 3.14. The molecule has 0 spiro atoms. The van der Waals surface area contributed by atoms with Crippen LogP contribution in [0.4, 0.5) is 45.5 Å². The second kappa shape index (κ2) is 4.90.